The number of hydrogen-bond donors (Lipinski definition) is 0. The van der Waals surface area contributed by atoms with Gasteiger partial charge >= 0.3 is 5.97 Å². The van der Waals surface area contributed by atoms with Crippen molar-refractivity contribution in [1.82, 2.24) is 4.57 Å². The Bertz CT molecular complexity index is 407. The minimum atomic E-state index is -0.391. The zero-order chi connectivity index (χ0) is 11.4. The van der Waals surface area contributed by atoms with Crippen LogP contribution < -0.4 is 5.56 Å². The monoisotopic (exact) mass is 209 g/mol. The molecule has 0 unspecified atom stereocenters. The third-order valence-corrected chi connectivity index (χ3v) is 1.80. The fourth-order valence-electron chi connectivity index (χ4n) is 1.21. The van der Waals surface area contributed by atoms with Crippen molar-refractivity contribution >= 4 is 5.97 Å². The standard InChI is InChI=1S/C11H15NO3/c1-8(2)15-11(14)7-12-6-9(3)4-5-10(12)13/h4-6,8H,7H2,1-3H3. The number of nitrogens with zero attached hydrogens (tertiary/aromatic N) is 1. The van der Waals surface area contributed by atoms with Gasteiger partial charge < -0.3 is 9.30 Å². The van der Waals surface area contributed by atoms with Crippen molar-refractivity contribution in [2.24, 2.45) is 0 Å². The fraction of sp³-hybridized carbons (Fsp3) is 0.455. The van der Waals surface area contributed by atoms with Gasteiger partial charge in [0.15, 0.2) is 0 Å². The maximum absolute atomic E-state index is 11.3. The van der Waals surface area contributed by atoms with Crippen LogP contribution in [0.25, 0.3) is 0 Å². The summed E-state index contributed by atoms with van der Waals surface area (Å²) >= 11 is 0. The summed E-state index contributed by atoms with van der Waals surface area (Å²) in [6.45, 7) is 5.39. The summed E-state index contributed by atoms with van der Waals surface area (Å²) in [5.41, 5.74) is 0.744. The second kappa shape index (κ2) is 4.77. The molecule has 82 valence electrons. The third kappa shape index (κ3) is 3.58. The van der Waals surface area contributed by atoms with E-state index in [1.165, 1.54) is 10.6 Å². The predicted octanol–water partition coefficient (Wildman–Crippen LogP) is 1.11. The molecular weight excluding hydrogens is 194 g/mol. The SMILES string of the molecule is Cc1ccc(=O)n(CC(=O)OC(C)C)c1. The number of rotatable bonds is 3. The lowest BCUT2D eigenvalue weighted by atomic mass is 10.3. The molecule has 0 fully saturated rings. The van der Waals surface area contributed by atoms with Crippen molar-refractivity contribution in [2.75, 3.05) is 0 Å². The first-order valence-corrected chi connectivity index (χ1v) is 4.85. The first kappa shape index (κ1) is 11.5. The van der Waals surface area contributed by atoms with E-state index in [1.807, 2.05) is 6.92 Å². The maximum Gasteiger partial charge on any atom is 0.326 e. The molecule has 0 saturated carbocycles. The van der Waals surface area contributed by atoms with Crippen LogP contribution in [0.5, 0.6) is 0 Å². The Labute approximate surface area is 88.5 Å². The number of ether oxygens (including phenoxy) is 1. The number of carbonyl (C=O) groups is 1. The molecule has 0 aliphatic rings. The highest BCUT2D eigenvalue weighted by Crippen LogP contribution is 1.95. The first-order chi connectivity index (χ1) is 6.99. The second-order valence-electron chi connectivity index (χ2n) is 3.71. The molecule has 0 aliphatic carbocycles. The maximum atomic E-state index is 11.3. The van der Waals surface area contributed by atoms with E-state index in [9.17, 15) is 9.59 Å². The smallest absolute Gasteiger partial charge is 0.326 e. The Morgan fingerprint density at radius 3 is 2.73 bits per heavy atom. The highest BCUT2D eigenvalue weighted by atomic mass is 16.5. The van der Waals surface area contributed by atoms with Crippen LogP contribution in [0.4, 0.5) is 0 Å². The van der Waals surface area contributed by atoms with Crippen molar-refractivity contribution < 1.29 is 9.53 Å². The normalized spacial score (nSPS) is 10.4. The number of aromatic nitrogens is 1. The molecule has 1 heterocycles. The minimum Gasteiger partial charge on any atom is -0.462 e. The zero-order valence-corrected chi connectivity index (χ0v) is 9.19. The van der Waals surface area contributed by atoms with Crippen LogP contribution in [0.3, 0.4) is 0 Å². The Kier molecular flexibility index (Phi) is 3.66. The molecule has 0 amide bonds. The molecule has 1 aromatic rings. The molecule has 0 aromatic carbocycles. The summed E-state index contributed by atoms with van der Waals surface area (Å²) in [7, 11) is 0. The lowest BCUT2D eigenvalue weighted by Crippen LogP contribution is -2.25. The quantitative estimate of drug-likeness (QED) is 0.700. The molecule has 4 heteroatoms. The lowest BCUT2D eigenvalue weighted by molar-refractivity contribution is -0.148. The molecule has 4 nitrogen and oxygen atoms in total. The van der Waals surface area contributed by atoms with Crippen molar-refractivity contribution in [1.29, 1.82) is 0 Å². The number of esters is 1. The highest BCUT2D eigenvalue weighted by Gasteiger charge is 2.07. The first-order valence-electron chi connectivity index (χ1n) is 4.85. The van der Waals surface area contributed by atoms with Gasteiger partial charge in [-0.25, -0.2) is 0 Å². The Morgan fingerprint density at radius 2 is 2.13 bits per heavy atom. The van der Waals surface area contributed by atoms with E-state index in [0.717, 1.165) is 5.56 Å². The number of hydrogen-bond acceptors (Lipinski definition) is 3. The van der Waals surface area contributed by atoms with E-state index in [0.29, 0.717) is 0 Å². The van der Waals surface area contributed by atoms with Crippen LogP contribution in [-0.2, 0) is 16.1 Å². The van der Waals surface area contributed by atoms with Crippen molar-refractivity contribution in [3.8, 4) is 0 Å². The second-order valence-corrected chi connectivity index (χ2v) is 3.71. The van der Waals surface area contributed by atoms with E-state index in [1.54, 1.807) is 26.1 Å². The molecule has 0 radical (unpaired) electrons. The van der Waals surface area contributed by atoms with E-state index >= 15 is 0 Å². The van der Waals surface area contributed by atoms with Gasteiger partial charge in [-0.15, -0.1) is 0 Å². The van der Waals surface area contributed by atoms with Crippen molar-refractivity contribution in [3.63, 3.8) is 0 Å². The van der Waals surface area contributed by atoms with Crippen LogP contribution in [-0.4, -0.2) is 16.6 Å². The van der Waals surface area contributed by atoms with E-state index in [-0.39, 0.29) is 18.2 Å². The molecule has 1 aromatic heterocycles. The summed E-state index contributed by atoms with van der Waals surface area (Å²) in [4.78, 5) is 22.7. The van der Waals surface area contributed by atoms with Gasteiger partial charge in [0.05, 0.1) is 6.10 Å². The predicted molar refractivity (Wildman–Crippen MR) is 56.7 cm³/mol. The Balaban J connectivity index is 2.76. The molecule has 0 atom stereocenters. The van der Waals surface area contributed by atoms with Gasteiger partial charge in [-0.3, -0.25) is 9.59 Å². The topological polar surface area (TPSA) is 48.3 Å². The number of pyridine rings is 1. The van der Waals surface area contributed by atoms with Crippen molar-refractivity contribution in [2.45, 2.75) is 33.4 Å². The lowest BCUT2D eigenvalue weighted by Gasteiger charge is -2.09. The molecule has 0 spiro atoms. The largest absolute Gasteiger partial charge is 0.462 e. The Morgan fingerprint density at radius 1 is 1.47 bits per heavy atom. The van der Waals surface area contributed by atoms with Gasteiger partial charge in [-0.2, -0.15) is 0 Å². The van der Waals surface area contributed by atoms with Crippen molar-refractivity contribution in [3.05, 3.63) is 34.2 Å². The van der Waals surface area contributed by atoms with Crippen LogP contribution in [0.1, 0.15) is 19.4 Å². The van der Waals surface area contributed by atoms with Gasteiger partial charge in [0.25, 0.3) is 5.56 Å². The van der Waals surface area contributed by atoms with Gasteiger partial charge in [-0.05, 0) is 26.3 Å². The molecule has 15 heavy (non-hydrogen) atoms. The van der Waals surface area contributed by atoms with Gasteiger partial charge in [0.1, 0.15) is 6.54 Å². The summed E-state index contributed by atoms with van der Waals surface area (Å²) in [6, 6.07) is 3.16. The van der Waals surface area contributed by atoms with Crippen LogP contribution in [0.2, 0.25) is 0 Å². The zero-order valence-electron chi connectivity index (χ0n) is 9.19. The Hall–Kier alpha value is -1.58. The summed E-state index contributed by atoms with van der Waals surface area (Å²) in [5, 5.41) is 0. The van der Waals surface area contributed by atoms with Gasteiger partial charge in [0.2, 0.25) is 0 Å². The number of aryl methyl sites for hydroxylation is 1. The van der Waals surface area contributed by atoms with Crippen LogP contribution in [0.15, 0.2) is 23.1 Å². The summed E-state index contributed by atoms with van der Waals surface area (Å²) in [5.74, 6) is -0.391. The van der Waals surface area contributed by atoms with Crippen LogP contribution >= 0.6 is 0 Å². The van der Waals surface area contributed by atoms with Crippen LogP contribution in [0, 0.1) is 6.92 Å². The van der Waals surface area contributed by atoms with E-state index in [2.05, 4.69) is 0 Å². The van der Waals surface area contributed by atoms with Gasteiger partial charge in [0, 0.05) is 12.3 Å². The number of carbonyl (C=O) groups excluding carboxylic acids is 1. The molecule has 0 N–H and O–H groups in total. The van der Waals surface area contributed by atoms with E-state index < -0.39 is 5.97 Å². The van der Waals surface area contributed by atoms with E-state index in [4.69, 9.17) is 4.74 Å². The molecular formula is C11H15NO3. The fourth-order valence-corrected chi connectivity index (χ4v) is 1.21. The minimum absolute atomic E-state index is 0.0291. The summed E-state index contributed by atoms with van der Waals surface area (Å²) < 4.78 is 6.30. The molecule has 0 saturated heterocycles. The molecule has 1 rings (SSSR count). The summed E-state index contributed by atoms with van der Waals surface area (Å²) in [6.07, 6.45) is 1.49. The average molecular weight is 209 g/mol. The third-order valence-electron chi connectivity index (χ3n) is 1.80. The van der Waals surface area contributed by atoms with Gasteiger partial charge in [-0.1, -0.05) is 6.07 Å². The highest BCUT2D eigenvalue weighted by molar-refractivity contribution is 5.69. The average Bonchev–Trinajstić information content (AvgIpc) is 2.10. The molecule has 0 aliphatic heterocycles. The molecule has 0 bridgehead atoms.